The molecule has 0 spiro atoms. The molecule has 7 nitrogen and oxygen atoms in total. The number of hydrogen-bond acceptors (Lipinski definition) is 7. The van der Waals surface area contributed by atoms with Crippen LogP contribution in [0.15, 0.2) is 57.1 Å². The lowest BCUT2D eigenvalue weighted by Crippen LogP contribution is -2.29. The van der Waals surface area contributed by atoms with Crippen molar-refractivity contribution in [1.29, 1.82) is 0 Å². The van der Waals surface area contributed by atoms with Gasteiger partial charge in [0.15, 0.2) is 16.3 Å². The summed E-state index contributed by atoms with van der Waals surface area (Å²) < 4.78 is 13.9. The third kappa shape index (κ3) is 3.82. The Hall–Kier alpha value is -3.04. The van der Waals surface area contributed by atoms with Crippen LogP contribution in [0.4, 0.5) is 5.69 Å². The Morgan fingerprint density at radius 2 is 1.81 bits per heavy atom. The largest absolute Gasteiger partial charge is 0.494 e. The molecule has 0 saturated carbocycles. The Kier molecular flexibility index (Phi) is 6.12. The van der Waals surface area contributed by atoms with E-state index in [4.69, 9.17) is 26.7 Å². The highest BCUT2D eigenvalue weighted by Gasteiger charge is 2.27. The summed E-state index contributed by atoms with van der Waals surface area (Å²) in [7, 11) is 6.42. The van der Waals surface area contributed by atoms with Crippen LogP contribution in [0.25, 0.3) is 0 Å². The van der Waals surface area contributed by atoms with Crippen LogP contribution in [0, 0.1) is 4.77 Å². The van der Waals surface area contributed by atoms with Gasteiger partial charge in [0.25, 0.3) is 5.56 Å². The topological polar surface area (TPSA) is 78.0 Å². The minimum absolute atomic E-state index is 0.0743. The Labute approximate surface area is 195 Å². The van der Waals surface area contributed by atoms with Gasteiger partial charge in [0, 0.05) is 30.7 Å². The highest BCUT2D eigenvalue weighted by atomic mass is 32.2. The van der Waals surface area contributed by atoms with Crippen LogP contribution >= 0.6 is 24.0 Å². The Balaban J connectivity index is 1.91. The first kappa shape index (κ1) is 22.2. The van der Waals surface area contributed by atoms with Crippen LogP contribution in [0.3, 0.4) is 0 Å². The van der Waals surface area contributed by atoms with Gasteiger partial charge in [-0.2, -0.15) is 0 Å². The van der Waals surface area contributed by atoms with E-state index in [2.05, 4.69) is 0 Å². The molecule has 0 radical (unpaired) electrons. The Morgan fingerprint density at radius 1 is 1.09 bits per heavy atom. The zero-order chi connectivity index (χ0) is 23.0. The number of thioether (sulfide) groups is 1. The molecule has 2 heterocycles. The van der Waals surface area contributed by atoms with Gasteiger partial charge < -0.3 is 14.6 Å². The SMILES string of the molecule is COc1ccc([C@H]2CC(c3c(O)n(C)c(=S)n(C)c3=O)=Nc3ccccc3S2)cc1OC. The van der Waals surface area contributed by atoms with E-state index < -0.39 is 0 Å². The van der Waals surface area contributed by atoms with Crippen LogP contribution in [0.5, 0.6) is 17.4 Å². The van der Waals surface area contributed by atoms with E-state index >= 15 is 0 Å². The van der Waals surface area contributed by atoms with Crippen molar-refractivity contribution in [2.24, 2.45) is 19.1 Å². The molecule has 0 bridgehead atoms. The first-order valence-electron chi connectivity index (χ1n) is 9.90. The van der Waals surface area contributed by atoms with E-state index in [0.717, 1.165) is 16.1 Å². The predicted molar refractivity (Wildman–Crippen MR) is 129 cm³/mol. The summed E-state index contributed by atoms with van der Waals surface area (Å²) in [5.41, 5.74) is 2.04. The summed E-state index contributed by atoms with van der Waals surface area (Å²) in [6.07, 6.45) is 0.425. The number of hydrogen-bond donors (Lipinski definition) is 1. The van der Waals surface area contributed by atoms with E-state index in [1.54, 1.807) is 40.1 Å². The zero-order valence-corrected chi connectivity index (χ0v) is 19.8. The maximum Gasteiger partial charge on any atom is 0.267 e. The number of methoxy groups -OCH3 is 2. The first-order valence-corrected chi connectivity index (χ1v) is 11.2. The van der Waals surface area contributed by atoms with E-state index in [-0.39, 0.29) is 27.0 Å². The predicted octanol–water partition coefficient (Wildman–Crippen LogP) is 4.53. The molecule has 1 aromatic heterocycles. The average molecular weight is 470 g/mol. The van der Waals surface area contributed by atoms with Crippen molar-refractivity contribution < 1.29 is 14.6 Å². The molecule has 0 unspecified atom stereocenters. The summed E-state index contributed by atoms with van der Waals surface area (Å²) in [5.74, 6) is 1.08. The number of benzene rings is 2. The van der Waals surface area contributed by atoms with Crippen molar-refractivity contribution in [3.05, 3.63) is 68.7 Å². The smallest absolute Gasteiger partial charge is 0.267 e. The lowest BCUT2D eigenvalue weighted by molar-refractivity contribution is 0.354. The Bertz CT molecular complexity index is 1340. The molecule has 1 atom stereocenters. The second-order valence-electron chi connectivity index (χ2n) is 7.36. The number of ether oxygens (including phenoxy) is 2. The van der Waals surface area contributed by atoms with Gasteiger partial charge in [0.05, 0.1) is 25.6 Å². The van der Waals surface area contributed by atoms with Crippen molar-refractivity contribution in [2.75, 3.05) is 14.2 Å². The first-order chi connectivity index (χ1) is 15.3. The molecule has 0 amide bonds. The standard InChI is InChI=1S/C23H23N3O4S2/c1-25-21(27)20(22(28)26(2)23(25)31)15-12-19(32-18-8-6-5-7-14(18)24-15)13-9-10-16(29-3)17(11-13)30-4/h5-11,19,27H,12H2,1-4H3/t19-/m1/s1. The highest BCUT2D eigenvalue weighted by Crippen LogP contribution is 2.47. The van der Waals surface area contributed by atoms with Gasteiger partial charge in [-0.25, -0.2) is 0 Å². The number of para-hydroxylation sites is 1. The number of aromatic nitrogens is 2. The third-order valence-electron chi connectivity index (χ3n) is 5.47. The second kappa shape index (κ2) is 8.84. The monoisotopic (exact) mass is 469 g/mol. The quantitative estimate of drug-likeness (QED) is 0.566. The molecule has 1 aliphatic heterocycles. The van der Waals surface area contributed by atoms with Crippen molar-refractivity contribution >= 4 is 35.4 Å². The number of rotatable bonds is 4. The molecule has 32 heavy (non-hydrogen) atoms. The van der Waals surface area contributed by atoms with Crippen LogP contribution in [0.1, 0.15) is 22.8 Å². The molecule has 3 aromatic rings. The molecule has 166 valence electrons. The van der Waals surface area contributed by atoms with Crippen molar-refractivity contribution in [3.63, 3.8) is 0 Å². The fourth-order valence-corrected chi connectivity index (χ4v) is 5.09. The fraction of sp³-hybridized carbons (Fsp3) is 0.261. The van der Waals surface area contributed by atoms with Crippen LogP contribution in [0.2, 0.25) is 0 Å². The maximum atomic E-state index is 13.1. The molecular formula is C23H23N3O4S2. The molecule has 1 N–H and O–H groups in total. The summed E-state index contributed by atoms with van der Waals surface area (Å²) >= 11 is 6.92. The van der Waals surface area contributed by atoms with Gasteiger partial charge in [-0.1, -0.05) is 18.2 Å². The maximum absolute atomic E-state index is 13.1. The van der Waals surface area contributed by atoms with E-state index in [1.165, 1.54) is 9.13 Å². The minimum atomic E-state index is -0.375. The third-order valence-corrected chi connectivity index (χ3v) is 7.34. The van der Waals surface area contributed by atoms with Gasteiger partial charge in [0.2, 0.25) is 5.88 Å². The summed E-state index contributed by atoms with van der Waals surface area (Å²) in [4.78, 5) is 18.9. The molecule has 0 fully saturated rings. The number of aromatic hydroxyl groups is 1. The Morgan fingerprint density at radius 3 is 2.53 bits per heavy atom. The average Bonchev–Trinajstić information content (AvgIpc) is 3.00. The van der Waals surface area contributed by atoms with Gasteiger partial charge in [-0.15, -0.1) is 11.8 Å². The molecule has 9 heteroatoms. The van der Waals surface area contributed by atoms with Crippen LogP contribution in [-0.2, 0) is 14.1 Å². The number of fused-ring (bicyclic) bond motifs is 1. The minimum Gasteiger partial charge on any atom is -0.494 e. The van der Waals surface area contributed by atoms with Gasteiger partial charge in [-0.05, 0) is 42.0 Å². The zero-order valence-electron chi connectivity index (χ0n) is 18.2. The second-order valence-corrected chi connectivity index (χ2v) is 8.97. The van der Waals surface area contributed by atoms with Gasteiger partial charge >= 0.3 is 0 Å². The van der Waals surface area contributed by atoms with Gasteiger partial charge in [0.1, 0.15) is 5.56 Å². The van der Waals surface area contributed by atoms with Gasteiger partial charge in [-0.3, -0.25) is 18.9 Å². The van der Waals surface area contributed by atoms with Crippen LogP contribution in [-0.4, -0.2) is 34.2 Å². The number of aliphatic imine (C=N–C) groups is 1. The summed E-state index contributed by atoms with van der Waals surface area (Å²) in [5, 5.41) is 10.8. The lowest BCUT2D eigenvalue weighted by Gasteiger charge is -2.19. The van der Waals surface area contributed by atoms with E-state index in [9.17, 15) is 9.90 Å². The van der Waals surface area contributed by atoms with Crippen molar-refractivity contribution in [1.82, 2.24) is 9.13 Å². The fourth-order valence-electron chi connectivity index (χ4n) is 3.69. The van der Waals surface area contributed by atoms with Crippen molar-refractivity contribution in [2.45, 2.75) is 16.6 Å². The van der Waals surface area contributed by atoms with Crippen molar-refractivity contribution in [3.8, 4) is 17.4 Å². The number of nitrogens with zero attached hydrogens (tertiary/aromatic N) is 3. The summed E-state index contributed by atoms with van der Waals surface area (Å²) in [6.45, 7) is 0. The van der Waals surface area contributed by atoms with E-state index in [0.29, 0.717) is 23.6 Å². The highest BCUT2D eigenvalue weighted by molar-refractivity contribution is 7.99. The van der Waals surface area contributed by atoms with E-state index in [1.807, 2.05) is 42.5 Å². The normalized spacial score (nSPS) is 15.5. The summed E-state index contributed by atoms with van der Waals surface area (Å²) in [6, 6.07) is 13.6. The lowest BCUT2D eigenvalue weighted by atomic mass is 10.0. The molecule has 0 aliphatic carbocycles. The molecular weight excluding hydrogens is 446 g/mol. The molecule has 0 saturated heterocycles. The molecule has 2 aromatic carbocycles. The molecule has 1 aliphatic rings. The molecule has 4 rings (SSSR count). The van der Waals surface area contributed by atoms with Crippen LogP contribution < -0.4 is 15.0 Å².